The molecular weight excluding hydrogens is 358 g/mol. The number of nitrogens with one attached hydrogen (secondary N) is 2. The van der Waals surface area contributed by atoms with Gasteiger partial charge in [-0.3, -0.25) is 4.98 Å². The van der Waals surface area contributed by atoms with Gasteiger partial charge in [0.05, 0.1) is 13.2 Å². The molecule has 0 unspecified atom stereocenters. The smallest absolute Gasteiger partial charge is 0.214 e. The second-order valence-electron chi connectivity index (χ2n) is 5.36. The van der Waals surface area contributed by atoms with Gasteiger partial charge in [-0.25, -0.2) is 9.77 Å². The van der Waals surface area contributed by atoms with Gasteiger partial charge in [0.15, 0.2) is 5.82 Å². The normalized spacial score (nSPS) is 10.6. The maximum atomic E-state index is 6.13. The molecular formula is C17H18ClN5OS. The predicted molar refractivity (Wildman–Crippen MR) is 101 cm³/mol. The van der Waals surface area contributed by atoms with Crippen LogP contribution in [0.1, 0.15) is 18.9 Å². The lowest BCUT2D eigenvalue weighted by atomic mass is 10.2. The van der Waals surface area contributed by atoms with Crippen molar-refractivity contribution in [2.75, 3.05) is 12.0 Å². The Balaban J connectivity index is 1.84. The maximum absolute atomic E-state index is 6.13. The summed E-state index contributed by atoms with van der Waals surface area (Å²) < 4.78 is 8.00. The zero-order chi connectivity index (χ0) is 17.6. The third-order valence-electron chi connectivity index (χ3n) is 3.52. The zero-order valence-electron chi connectivity index (χ0n) is 13.7. The number of rotatable bonds is 7. The highest BCUT2D eigenvalue weighted by molar-refractivity contribution is 7.71. The minimum Gasteiger partial charge on any atom is -0.493 e. The van der Waals surface area contributed by atoms with Crippen LogP contribution in [0.3, 0.4) is 0 Å². The molecule has 3 aromatic rings. The number of benzene rings is 1. The van der Waals surface area contributed by atoms with Crippen molar-refractivity contribution in [2.45, 2.75) is 19.9 Å². The summed E-state index contributed by atoms with van der Waals surface area (Å²) in [6.07, 6.45) is 4.37. The molecule has 0 fully saturated rings. The Morgan fingerprint density at radius 2 is 2.08 bits per heavy atom. The first-order valence-electron chi connectivity index (χ1n) is 7.92. The van der Waals surface area contributed by atoms with Gasteiger partial charge in [0.2, 0.25) is 4.77 Å². The summed E-state index contributed by atoms with van der Waals surface area (Å²) in [6.45, 7) is 3.22. The first-order valence-corrected chi connectivity index (χ1v) is 8.70. The average Bonchev–Trinajstić information content (AvgIpc) is 3.00. The Kier molecular flexibility index (Phi) is 5.67. The second-order valence-corrected chi connectivity index (χ2v) is 6.18. The number of aromatic nitrogens is 4. The number of H-pyrrole nitrogens is 1. The van der Waals surface area contributed by atoms with E-state index in [4.69, 9.17) is 28.6 Å². The lowest BCUT2D eigenvalue weighted by Crippen LogP contribution is -2.16. The lowest BCUT2D eigenvalue weighted by Gasteiger charge is -2.14. The summed E-state index contributed by atoms with van der Waals surface area (Å²) in [5.41, 5.74) is 5.13. The summed E-state index contributed by atoms with van der Waals surface area (Å²) >= 11 is 11.5. The average molecular weight is 376 g/mol. The molecule has 2 aromatic heterocycles. The van der Waals surface area contributed by atoms with E-state index >= 15 is 0 Å². The van der Waals surface area contributed by atoms with Gasteiger partial charge in [-0.2, -0.15) is 5.10 Å². The van der Waals surface area contributed by atoms with Crippen LogP contribution in [0.15, 0.2) is 42.7 Å². The van der Waals surface area contributed by atoms with E-state index in [-0.39, 0.29) is 0 Å². The number of aromatic amines is 1. The first kappa shape index (κ1) is 17.4. The van der Waals surface area contributed by atoms with Crippen LogP contribution in [0.25, 0.3) is 11.4 Å². The van der Waals surface area contributed by atoms with Gasteiger partial charge in [0.25, 0.3) is 0 Å². The summed E-state index contributed by atoms with van der Waals surface area (Å²) in [5, 5.41) is 7.75. The van der Waals surface area contributed by atoms with Gasteiger partial charge in [0.1, 0.15) is 5.75 Å². The van der Waals surface area contributed by atoms with E-state index in [2.05, 4.69) is 27.5 Å². The molecule has 3 rings (SSSR count). The maximum Gasteiger partial charge on any atom is 0.214 e. The van der Waals surface area contributed by atoms with Gasteiger partial charge in [-0.1, -0.05) is 18.5 Å². The second kappa shape index (κ2) is 8.13. The molecule has 0 bridgehead atoms. The largest absolute Gasteiger partial charge is 0.493 e. The van der Waals surface area contributed by atoms with Crippen LogP contribution >= 0.6 is 23.8 Å². The highest BCUT2D eigenvalue weighted by Gasteiger charge is 2.10. The molecule has 0 saturated heterocycles. The minimum absolute atomic E-state index is 0.477. The van der Waals surface area contributed by atoms with E-state index in [9.17, 15) is 0 Å². The fourth-order valence-corrected chi connectivity index (χ4v) is 2.73. The van der Waals surface area contributed by atoms with Crippen LogP contribution in [0.5, 0.6) is 5.75 Å². The molecule has 0 aliphatic rings. The van der Waals surface area contributed by atoms with Crippen LogP contribution < -0.4 is 10.2 Å². The van der Waals surface area contributed by atoms with Crippen LogP contribution in [-0.4, -0.2) is 26.5 Å². The van der Waals surface area contributed by atoms with Crippen molar-refractivity contribution in [2.24, 2.45) is 0 Å². The molecule has 6 nitrogen and oxygen atoms in total. The summed E-state index contributed by atoms with van der Waals surface area (Å²) in [6, 6.07) is 9.33. The SMILES string of the molecule is CCCOc1ccc(Cl)cc1CNn1c(-c2ccncc2)n[nH]c1=S. The number of hydrogen-bond acceptors (Lipinski definition) is 5. The highest BCUT2D eigenvalue weighted by Crippen LogP contribution is 2.24. The standard InChI is InChI=1S/C17H18ClN5OS/c1-2-9-24-15-4-3-14(18)10-13(15)11-20-23-16(21-22-17(23)25)12-5-7-19-8-6-12/h3-8,10,20H,2,9,11H2,1H3,(H,22,25). The lowest BCUT2D eigenvalue weighted by molar-refractivity contribution is 0.314. The van der Waals surface area contributed by atoms with Crippen molar-refractivity contribution in [3.8, 4) is 17.1 Å². The Hall–Kier alpha value is -2.38. The monoisotopic (exact) mass is 375 g/mol. The van der Waals surface area contributed by atoms with E-state index in [1.807, 2.05) is 30.3 Å². The Labute approximate surface area is 155 Å². The first-order chi connectivity index (χ1) is 12.2. The fourth-order valence-electron chi connectivity index (χ4n) is 2.34. The third kappa shape index (κ3) is 4.18. The third-order valence-corrected chi connectivity index (χ3v) is 4.03. The number of pyridine rings is 1. The quantitative estimate of drug-likeness (QED) is 0.606. The molecule has 0 saturated carbocycles. The fraction of sp³-hybridized carbons (Fsp3) is 0.235. The molecule has 0 spiro atoms. The highest BCUT2D eigenvalue weighted by atomic mass is 35.5. The molecule has 0 atom stereocenters. The molecule has 2 N–H and O–H groups in total. The number of ether oxygens (including phenoxy) is 1. The van der Waals surface area contributed by atoms with Crippen LogP contribution in [0, 0.1) is 4.77 Å². The molecule has 8 heteroatoms. The Morgan fingerprint density at radius 3 is 2.84 bits per heavy atom. The van der Waals surface area contributed by atoms with Gasteiger partial charge < -0.3 is 10.2 Å². The van der Waals surface area contributed by atoms with Crippen LogP contribution in [0.4, 0.5) is 0 Å². The van der Waals surface area contributed by atoms with Crippen molar-refractivity contribution < 1.29 is 4.74 Å². The van der Waals surface area contributed by atoms with Crippen molar-refractivity contribution >= 4 is 23.8 Å². The van der Waals surface area contributed by atoms with E-state index < -0.39 is 0 Å². The van der Waals surface area contributed by atoms with Crippen molar-refractivity contribution in [3.05, 3.63) is 58.1 Å². The van der Waals surface area contributed by atoms with Gasteiger partial charge in [-0.05, 0) is 49.0 Å². The zero-order valence-corrected chi connectivity index (χ0v) is 15.3. The molecule has 2 heterocycles. The van der Waals surface area contributed by atoms with E-state index in [0.717, 1.165) is 23.3 Å². The molecule has 0 aliphatic heterocycles. The van der Waals surface area contributed by atoms with Crippen LogP contribution in [0.2, 0.25) is 5.02 Å². The number of hydrogen-bond donors (Lipinski definition) is 2. The summed E-state index contributed by atoms with van der Waals surface area (Å²) in [5.74, 6) is 1.49. The molecule has 0 amide bonds. The molecule has 0 aliphatic carbocycles. The molecule has 0 radical (unpaired) electrons. The van der Waals surface area contributed by atoms with Crippen LogP contribution in [-0.2, 0) is 6.54 Å². The van der Waals surface area contributed by atoms with Crippen molar-refractivity contribution in [1.29, 1.82) is 0 Å². The van der Waals surface area contributed by atoms with Crippen molar-refractivity contribution in [3.63, 3.8) is 0 Å². The van der Waals surface area contributed by atoms with E-state index in [0.29, 0.717) is 28.8 Å². The Bertz CT molecular complexity index is 894. The van der Waals surface area contributed by atoms with Gasteiger partial charge >= 0.3 is 0 Å². The summed E-state index contributed by atoms with van der Waals surface area (Å²) in [7, 11) is 0. The molecule has 1 aromatic carbocycles. The Morgan fingerprint density at radius 1 is 1.28 bits per heavy atom. The topological polar surface area (TPSA) is 67.8 Å². The van der Waals surface area contributed by atoms with Gasteiger partial charge in [0, 0.05) is 28.5 Å². The van der Waals surface area contributed by atoms with Crippen molar-refractivity contribution in [1.82, 2.24) is 19.9 Å². The predicted octanol–water partition coefficient (Wildman–Crippen LogP) is 4.19. The summed E-state index contributed by atoms with van der Waals surface area (Å²) in [4.78, 5) is 4.03. The van der Waals surface area contributed by atoms with E-state index in [1.54, 1.807) is 17.1 Å². The number of nitrogens with zero attached hydrogens (tertiary/aromatic N) is 3. The molecule has 25 heavy (non-hydrogen) atoms. The van der Waals surface area contributed by atoms with Gasteiger partial charge in [-0.15, -0.1) is 0 Å². The van der Waals surface area contributed by atoms with E-state index in [1.165, 1.54) is 0 Å². The minimum atomic E-state index is 0.477. The molecule has 130 valence electrons. The number of halogens is 1.